The monoisotopic (exact) mass is 485 g/mol. The molecule has 2 amide bonds. The number of carbonyl (C=O) groups excluding carboxylic acids is 2. The highest BCUT2D eigenvalue weighted by Gasteiger charge is 2.54. The third-order valence-electron chi connectivity index (χ3n) is 6.74. The molecule has 3 saturated carbocycles. The quantitative estimate of drug-likeness (QED) is 0.605. The smallest absolute Gasteiger partial charge is 0.290 e. The van der Waals surface area contributed by atoms with Gasteiger partial charge in [-0.25, -0.2) is 13.2 Å². The van der Waals surface area contributed by atoms with E-state index in [4.69, 9.17) is 20.9 Å². The summed E-state index contributed by atoms with van der Waals surface area (Å²) in [6.45, 7) is 1.76. The molecular weight excluding hydrogens is 463 g/mol. The second-order valence-corrected chi connectivity index (χ2v) is 9.23. The Morgan fingerprint density at radius 2 is 1.97 bits per heavy atom. The fourth-order valence-electron chi connectivity index (χ4n) is 4.91. The first-order chi connectivity index (χ1) is 15.6. The van der Waals surface area contributed by atoms with Gasteiger partial charge in [0.05, 0.1) is 5.02 Å². The van der Waals surface area contributed by atoms with Crippen molar-refractivity contribution in [3.05, 3.63) is 46.6 Å². The third kappa shape index (κ3) is 4.80. The zero-order valence-electron chi connectivity index (χ0n) is 17.8. The SMILES string of the molecule is C[C@H]1CC2(NC(=O)c3cc(C(F)F)no3)CCC1(NC(=O)COc1ccc(F)c(Cl)c1)CC2. The molecule has 0 spiro atoms. The number of hydrogen-bond acceptors (Lipinski definition) is 5. The van der Waals surface area contributed by atoms with Gasteiger partial charge in [-0.3, -0.25) is 9.59 Å². The molecule has 0 aliphatic heterocycles. The van der Waals surface area contributed by atoms with Gasteiger partial charge in [-0.15, -0.1) is 0 Å². The summed E-state index contributed by atoms with van der Waals surface area (Å²) in [6, 6.07) is 4.82. The number of hydrogen-bond donors (Lipinski definition) is 2. The van der Waals surface area contributed by atoms with Gasteiger partial charge in [0, 0.05) is 23.2 Å². The van der Waals surface area contributed by atoms with Crippen molar-refractivity contribution in [3.8, 4) is 5.75 Å². The van der Waals surface area contributed by atoms with E-state index in [1.165, 1.54) is 18.2 Å². The van der Waals surface area contributed by atoms with E-state index in [-0.39, 0.29) is 29.2 Å². The van der Waals surface area contributed by atoms with Gasteiger partial charge in [0.15, 0.2) is 12.3 Å². The number of fused-ring (bicyclic) bond motifs is 3. The van der Waals surface area contributed by atoms with E-state index >= 15 is 0 Å². The van der Waals surface area contributed by atoms with E-state index in [2.05, 4.69) is 15.8 Å². The standard InChI is InChI=1S/C22H23ClF3N3O4/c1-12-10-21(28-20(31)17-9-16(19(25)26)29-33-17)4-6-22(12,7-5-21)27-18(30)11-32-13-2-3-15(24)14(23)8-13/h2-3,8-9,12,19H,4-7,10-11H2,1H3,(H,27,30)(H,28,31)/t12-,21?,22?/m0/s1. The van der Waals surface area contributed by atoms with Gasteiger partial charge < -0.3 is 19.9 Å². The average Bonchev–Trinajstić information content (AvgIpc) is 3.27. The lowest BCUT2D eigenvalue weighted by atomic mass is 9.56. The number of nitrogens with zero attached hydrogens (tertiary/aromatic N) is 1. The average molecular weight is 486 g/mol. The van der Waals surface area contributed by atoms with Crippen LogP contribution in [0, 0.1) is 11.7 Å². The van der Waals surface area contributed by atoms with Crippen LogP contribution >= 0.6 is 11.6 Å². The van der Waals surface area contributed by atoms with Gasteiger partial charge in [-0.1, -0.05) is 23.7 Å². The van der Waals surface area contributed by atoms with E-state index in [1.807, 2.05) is 6.92 Å². The predicted molar refractivity (Wildman–Crippen MR) is 112 cm³/mol. The molecule has 2 aromatic rings. The molecule has 3 aliphatic rings. The molecule has 1 aromatic heterocycles. The third-order valence-corrected chi connectivity index (χ3v) is 7.03. The Kier molecular flexibility index (Phi) is 6.30. The molecule has 0 radical (unpaired) electrons. The molecule has 1 atom stereocenters. The van der Waals surface area contributed by atoms with Crippen molar-refractivity contribution < 1.29 is 32.0 Å². The molecule has 0 unspecified atom stereocenters. The zero-order chi connectivity index (χ0) is 23.8. The summed E-state index contributed by atoms with van der Waals surface area (Å²) < 4.78 is 48.9. The Bertz CT molecular complexity index is 1050. The molecule has 1 heterocycles. The minimum absolute atomic E-state index is 0.0517. The lowest BCUT2D eigenvalue weighted by molar-refractivity contribution is -0.128. The largest absolute Gasteiger partial charge is 0.484 e. The van der Waals surface area contributed by atoms with Gasteiger partial charge >= 0.3 is 0 Å². The molecule has 3 aliphatic carbocycles. The summed E-state index contributed by atoms with van der Waals surface area (Å²) in [4.78, 5) is 25.1. The maximum Gasteiger partial charge on any atom is 0.290 e. The number of alkyl halides is 2. The van der Waals surface area contributed by atoms with Crippen LogP contribution < -0.4 is 15.4 Å². The number of aromatic nitrogens is 1. The number of rotatable bonds is 7. The first kappa shape index (κ1) is 23.4. The summed E-state index contributed by atoms with van der Waals surface area (Å²) in [6.07, 6.45) is 0.318. The highest BCUT2D eigenvalue weighted by molar-refractivity contribution is 6.30. The first-order valence-corrected chi connectivity index (χ1v) is 11.0. The molecule has 5 rings (SSSR count). The van der Waals surface area contributed by atoms with Crippen LogP contribution in [0.3, 0.4) is 0 Å². The molecule has 1 aromatic carbocycles. The molecular formula is C22H23ClF3N3O4. The lowest BCUT2D eigenvalue weighted by Crippen LogP contribution is -2.67. The van der Waals surface area contributed by atoms with Crippen LogP contribution in [0.25, 0.3) is 0 Å². The zero-order valence-corrected chi connectivity index (χ0v) is 18.6. The van der Waals surface area contributed by atoms with Gasteiger partial charge in [-0.2, -0.15) is 0 Å². The second kappa shape index (κ2) is 8.89. The molecule has 3 fully saturated rings. The predicted octanol–water partition coefficient (Wildman–Crippen LogP) is 4.42. The highest BCUT2D eigenvalue weighted by atomic mass is 35.5. The van der Waals surface area contributed by atoms with Crippen LogP contribution in [0.2, 0.25) is 5.02 Å². The summed E-state index contributed by atoms with van der Waals surface area (Å²) in [5, 5.41) is 9.17. The van der Waals surface area contributed by atoms with Crippen LogP contribution in [0.15, 0.2) is 28.8 Å². The van der Waals surface area contributed by atoms with Crippen LogP contribution in [-0.2, 0) is 4.79 Å². The molecule has 2 bridgehead atoms. The van der Waals surface area contributed by atoms with Crippen LogP contribution in [0.1, 0.15) is 61.7 Å². The van der Waals surface area contributed by atoms with Gasteiger partial charge in [0.25, 0.3) is 18.2 Å². The fraction of sp³-hybridized carbons (Fsp3) is 0.500. The topological polar surface area (TPSA) is 93.5 Å². The van der Waals surface area contributed by atoms with Crippen molar-refractivity contribution in [2.75, 3.05) is 6.61 Å². The summed E-state index contributed by atoms with van der Waals surface area (Å²) >= 11 is 5.73. The van der Waals surface area contributed by atoms with Crippen LogP contribution in [0.5, 0.6) is 5.75 Å². The normalized spacial score (nSPS) is 26.3. The molecule has 178 valence electrons. The second-order valence-electron chi connectivity index (χ2n) is 8.83. The van der Waals surface area contributed by atoms with Gasteiger partial charge in [-0.05, 0) is 50.2 Å². The van der Waals surface area contributed by atoms with Crippen LogP contribution in [0.4, 0.5) is 13.2 Å². The number of ether oxygens (including phenoxy) is 1. The fourth-order valence-corrected chi connectivity index (χ4v) is 5.08. The molecule has 33 heavy (non-hydrogen) atoms. The Labute approximate surface area is 193 Å². The number of carbonyl (C=O) groups is 2. The minimum Gasteiger partial charge on any atom is -0.484 e. The van der Waals surface area contributed by atoms with Gasteiger partial charge in [0.1, 0.15) is 11.6 Å². The van der Waals surface area contributed by atoms with Crippen LogP contribution in [-0.4, -0.2) is 34.7 Å². The van der Waals surface area contributed by atoms with Gasteiger partial charge in [0.2, 0.25) is 5.76 Å². The van der Waals surface area contributed by atoms with E-state index in [0.29, 0.717) is 37.9 Å². The maximum atomic E-state index is 13.3. The molecule has 11 heteroatoms. The molecule has 2 N–H and O–H groups in total. The number of halogens is 4. The van der Waals surface area contributed by atoms with E-state index in [0.717, 1.165) is 6.07 Å². The highest BCUT2D eigenvalue weighted by Crippen LogP contribution is 2.50. The van der Waals surface area contributed by atoms with E-state index in [9.17, 15) is 22.8 Å². The summed E-state index contributed by atoms with van der Waals surface area (Å²) in [5.41, 5.74) is -1.50. The van der Waals surface area contributed by atoms with E-state index < -0.39 is 34.9 Å². The number of nitrogens with one attached hydrogen (secondary N) is 2. The molecule has 7 nitrogen and oxygen atoms in total. The Hall–Kier alpha value is -2.75. The van der Waals surface area contributed by atoms with E-state index in [1.54, 1.807) is 0 Å². The Morgan fingerprint density at radius 1 is 1.24 bits per heavy atom. The van der Waals surface area contributed by atoms with Crippen molar-refractivity contribution >= 4 is 23.4 Å². The lowest BCUT2D eigenvalue weighted by Gasteiger charge is -2.57. The summed E-state index contributed by atoms with van der Waals surface area (Å²) in [7, 11) is 0. The van der Waals surface area contributed by atoms with Crippen molar-refractivity contribution in [2.45, 2.75) is 56.5 Å². The number of amides is 2. The van der Waals surface area contributed by atoms with Crippen molar-refractivity contribution in [1.29, 1.82) is 0 Å². The number of benzene rings is 1. The summed E-state index contributed by atoms with van der Waals surface area (Å²) in [5.74, 6) is -1.36. The van der Waals surface area contributed by atoms with Crippen molar-refractivity contribution in [3.63, 3.8) is 0 Å². The Morgan fingerprint density at radius 3 is 2.58 bits per heavy atom. The Balaban J connectivity index is 1.34. The first-order valence-electron chi connectivity index (χ1n) is 10.6. The van der Waals surface area contributed by atoms with Crippen molar-refractivity contribution in [2.24, 2.45) is 5.92 Å². The van der Waals surface area contributed by atoms with Crippen molar-refractivity contribution in [1.82, 2.24) is 15.8 Å². The molecule has 0 saturated heterocycles. The maximum absolute atomic E-state index is 13.3. The minimum atomic E-state index is -2.81.